The van der Waals surface area contributed by atoms with Gasteiger partial charge in [-0.25, -0.2) is 8.42 Å². The van der Waals surface area contributed by atoms with Crippen LogP contribution in [-0.4, -0.2) is 49.9 Å². The van der Waals surface area contributed by atoms with E-state index < -0.39 is 10.0 Å². The van der Waals surface area contributed by atoms with Gasteiger partial charge in [-0.2, -0.15) is 9.41 Å². The first-order valence-corrected chi connectivity index (χ1v) is 13.5. The van der Waals surface area contributed by atoms with Crippen LogP contribution >= 0.6 is 12.2 Å². The largest absolute Gasteiger partial charge is 0.485 e. The number of para-hydroxylation sites is 1. The van der Waals surface area contributed by atoms with Crippen LogP contribution in [0.2, 0.25) is 0 Å². The fourth-order valence-corrected chi connectivity index (χ4v) is 5.74. The molecule has 8 nitrogen and oxygen atoms in total. The van der Waals surface area contributed by atoms with Crippen LogP contribution in [0.4, 0.5) is 5.69 Å². The smallest absolute Gasteiger partial charge is 0.243 e. The third kappa shape index (κ3) is 5.41. The van der Waals surface area contributed by atoms with Crippen LogP contribution in [0.1, 0.15) is 23.7 Å². The van der Waals surface area contributed by atoms with Gasteiger partial charge in [0.25, 0.3) is 0 Å². The molecule has 5 rings (SSSR count). The van der Waals surface area contributed by atoms with Crippen molar-refractivity contribution in [1.29, 1.82) is 0 Å². The quantitative estimate of drug-likeness (QED) is 0.388. The highest BCUT2D eigenvalue weighted by Crippen LogP contribution is 2.35. The van der Waals surface area contributed by atoms with Gasteiger partial charge >= 0.3 is 0 Å². The van der Waals surface area contributed by atoms with Crippen LogP contribution < -0.4 is 15.5 Å². The van der Waals surface area contributed by atoms with Crippen LogP contribution in [-0.2, 0) is 14.8 Å². The van der Waals surface area contributed by atoms with Crippen molar-refractivity contribution < 1.29 is 17.9 Å². The fourth-order valence-electron chi connectivity index (χ4n) is 4.17. The molecule has 36 heavy (non-hydrogen) atoms. The van der Waals surface area contributed by atoms with Crippen LogP contribution in [0.5, 0.6) is 5.75 Å². The molecule has 1 saturated heterocycles. The number of hydrogen-bond donors (Lipinski definition) is 2. The van der Waals surface area contributed by atoms with Gasteiger partial charge in [-0.05, 0) is 54.2 Å². The van der Waals surface area contributed by atoms with Crippen LogP contribution in [0.25, 0.3) is 0 Å². The molecule has 0 spiro atoms. The minimum atomic E-state index is -3.55. The molecule has 2 aliphatic heterocycles. The van der Waals surface area contributed by atoms with Crippen molar-refractivity contribution in [3.05, 3.63) is 90.0 Å². The molecule has 1 fully saturated rings. The van der Waals surface area contributed by atoms with Gasteiger partial charge in [-0.15, -0.1) is 0 Å². The second-order valence-corrected chi connectivity index (χ2v) is 10.7. The highest BCUT2D eigenvalue weighted by molar-refractivity contribution is 7.89. The van der Waals surface area contributed by atoms with E-state index in [2.05, 4.69) is 15.8 Å². The summed E-state index contributed by atoms with van der Waals surface area (Å²) in [7, 11) is -3.55. The van der Waals surface area contributed by atoms with E-state index >= 15 is 0 Å². The van der Waals surface area contributed by atoms with Crippen LogP contribution in [0.15, 0.2) is 88.9 Å². The predicted octanol–water partition coefficient (Wildman–Crippen LogP) is 3.92. The van der Waals surface area contributed by atoms with Gasteiger partial charge in [-0.3, -0.25) is 5.43 Å². The van der Waals surface area contributed by atoms with E-state index in [9.17, 15) is 8.42 Å². The molecular formula is C26H26N4O4S2. The van der Waals surface area contributed by atoms with Crippen molar-refractivity contribution in [3.63, 3.8) is 0 Å². The van der Waals surface area contributed by atoms with Gasteiger partial charge in [0.05, 0.1) is 23.8 Å². The number of hydrazone groups is 1. The maximum Gasteiger partial charge on any atom is 0.243 e. The number of ether oxygens (including phenoxy) is 2. The summed E-state index contributed by atoms with van der Waals surface area (Å²) in [5, 5.41) is 7.94. The third-order valence-electron chi connectivity index (χ3n) is 6.03. The lowest BCUT2D eigenvalue weighted by Crippen LogP contribution is -2.40. The molecule has 0 saturated carbocycles. The second kappa shape index (κ2) is 10.8. The molecule has 0 bridgehead atoms. The molecule has 2 heterocycles. The summed E-state index contributed by atoms with van der Waals surface area (Å²) in [6.07, 6.45) is 0.439. The molecule has 1 atom stereocenters. The van der Waals surface area contributed by atoms with Crippen LogP contribution in [0, 0.1) is 0 Å². The van der Waals surface area contributed by atoms with Crippen molar-refractivity contribution in [2.75, 3.05) is 31.6 Å². The van der Waals surface area contributed by atoms with Gasteiger partial charge in [0, 0.05) is 30.8 Å². The Balaban J connectivity index is 1.26. The highest BCUT2D eigenvalue weighted by Gasteiger charge is 2.27. The minimum absolute atomic E-state index is 0.149. The summed E-state index contributed by atoms with van der Waals surface area (Å²) in [4.78, 5) is 0.236. The normalized spacial score (nSPS) is 19.2. The molecule has 3 aromatic carbocycles. The van der Waals surface area contributed by atoms with Gasteiger partial charge in [0.15, 0.2) is 5.11 Å². The Morgan fingerprint density at radius 2 is 1.64 bits per heavy atom. The topological polar surface area (TPSA) is 92.3 Å². The summed E-state index contributed by atoms with van der Waals surface area (Å²) in [6, 6.07) is 24.3. The van der Waals surface area contributed by atoms with Crippen molar-refractivity contribution in [1.82, 2.24) is 9.73 Å². The van der Waals surface area contributed by atoms with Crippen molar-refractivity contribution >= 4 is 38.8 Å². The number of sulfonamides is 1. The number of rotatable bonds is 5. The first-order valence-electron chi connectivity index (χ1n) is 11.6. The average molecular weight is 523 g/mol. The lowest BCUT2D eigenvalue weighted by Gasteiger charge is -2.27. The molecule has 0 amide bonds. The first-order chi connectivity index (χ1) is 17.5. The van der Waals surface area contributed by atoms with E-state index in [1.165, 1.54) is 4.31 Å². The summed E-state index contributed by atoms with van der Waals surface area (Å²) < 4.78 is 38.5. The highest BCUT2D eigenvalue weighted by atomic mass is 32.2. The number of morpholine rings is 1. The predicted molar refractivity (Wildman–Crippen MR) is 143 cm³/mol. The Kier molecular flexibility index (Phi) is 7.28. The zero-order valence-electron chi connectivity index (χ0n) is 19.5. The molecule has 3 aromatic rings. The molecule has 2 N–H and O–H groups in total. The number of nitrogens with one attached hydrogen (secondary N) is 2. The first kappa shape index (κ1) is 24.4. The van der Waals surface area contributed by atoms with E-state index in [-0.39, 0.29) is 11.0 Å². The SMILES string of the molecule is O=S(=O)(c1ccc(NC(=S)N/N=C2\C[C@H](c3ccccc3)Oc3ccccc32)cc1)N1CCOCC1. The fraction of sp³-hybridized carbons (Fsp3) is 0.231. The number of benzene rings is 3. The number of hydrogen-bond acceptors (Lipinski definition) is 6. The second-order valence-electron chi connectivity index (χ2n) is 8.38. The molecule has 0 aliphatic carbocycles. The van der Waals surface area contributed by atoms with Crippen molar-refractivity contribution in [2.24, 2.45) is 5.10 Å². The number of fused-ring (bicyclic) bond motifs is 1. The summed E-state index contributed by atoms with van der Waals surface area (Å²) in [6.45, 7) is 1.53. The molecule has 0 aromatic heterocycles. The zero-order chi connectivity index (χ0) is 25.0. The lowest BCUT2D eigenvalue weighted by molar-refractivity contribution is 0.0730. The molecule has 0 unspecified atom stereocenters. The van der Waals surface area contributed by atoms with Gasteiger partial charge < -0.3 is 14.8 Å². The molecular weight excluding hydrogens is 496 g/mol. The maximum absolute atomic E-state index is 12.8. The molecule has 186 valence electrons. The lowest BCUT2D eigenvalue weighted by atomic mass is 9.96. The van der Waals surface area contributed by atoms with E-state index in [0.717, 1.165) is 22.6 Å². The Bertz CT molecular complexity index is 1360. The zero-order valence-corrected chi connectivity index (χ0v) is 21.1. The monoisotopic (exact) mass is 522 g/mol. The van der Waals surface area contributed by atoms with E-state index in [4.69, 9.17) is 21.7 Å². The Labute approximate surface area is 216 Å². The molecule has 2 aliphatic rings. The van der Waals surface area contributed by atoms with Gasteiger partial charge in [0.2, 0.25) is 10.0 Å². The molecule has 0 radical (unpaired) electrons. The number of anilines is 1. The Morgan fingerprint density at radius 1 is 0.944 bits per heavy atom. The summed E-state index contributed by atoms with van der Waals surface area (Å²) >= 11 is 5.43. The van der Waals surface area contributed by atoms with Gasteiger partial charge in [-0.1, -0.05) is 42.5 Å². The van der Waals surface area contributed by atoms with Crippen molar-refractivity contribution in [2.45, 2.75) is 17.4 Å². The standard InChI is InChI=1S/C26H26N4O4S2/c31-36(32,30-14-16-33-17-15-30)21-12-10-20(11-13-21)27-26(35)29-28-23-18-25(19-6-2-1-3-7-19)34-24-9-5-4-8-22(23)24/h1-13,25H,14-18H2,(H2,27,29,35)/b28-23+/t25-/m1/s1. The minimum Gasteiger partial charge on any atom is -0.485 e. The van der Waals surface area contributed by atoms with Crippen molar-refractivity contribution in [3.8, 4) is 5.75 Å². The Hall–Kier alpha value is -3.31. The van der Waals surface area contributed by atoms with E-state index in [0.29, 0.717) is 43.5 Å². The van der Waals surface area contributed by atoms with E-state index in [1.54, 1.807) is 24.3 Å². The average Bonchev–Trinajstić information content (AvgIpc) is 2.93. The number of nitrogens with zero attached hydrogens (tertiary/aromatic N) is 2. The number of thiocarbonyl (C=S) groups is 1. The van der Waals surface area contributed by atoms with Crippen LogP contribution in [0.3, 0.4) is 0 Å². The summed E-state index contributed by atoms with van der Waals surface area (Å²) in [5.41, 5.74) is 6.40. The van der Waals surface area contributed by atoms with E-state index in [1.807, 2.05) is 54.6 Å². The molecule has 10 heteroatoms. The summed E-state index contributed by atoms with van der Waals surface area (Å²) in [5.74, 6) is 0.772. The Morgan fingerprint density at radius 3 is 2.39 bits per heavy atom. The third-order valence-corrected chi connectivity index (χ3v) is 8.14. The maximum atomic E-state index is 12.8. The van der Waals surface area contributed by atoms with Gasteiger partial charge in [0.1, 0.15) is 11.9 Å².